The first-order valence-corrected chi connectivity index (χ1v) is 17.4. The summed E-state index contributed by atoms with van der Waals surface area (Å²) < 4.78 is 74.3. The lowest BCUT2D eigenvalue weighted by molar-refractivity contribution is -0.137. The molecule has 2 fully saturated rings. The predicted octanol–water partition coefficient (Wildman–Crippen LogP) is 5.36. The molecule has 3 aromatic rings. The highest BCUT2D eigenvalue weighted by atomic mass is 19.4. The van der Waals surface area contributed by atoms with Gasteiger partial charge in [0, 0.05) is 31.9 Å². The Morgan fingerprint density at radius 2 is 1.79 bits per heavy atom. The molecule has 0 aliphatic carbocycles. The number of nitrogens with zero attached hydrogens (tertiary/aromatic N) is 7. The van der Waals surface area contributed by atoms with E-state index in [1.54, 1.807) is 41.2 Å². The number of hydrogen-bond donors (Lipinski definition) is 1. The molecule has 0 saturated carbocycles. The fraction of sp³-hybridized carbons (Fsp3) is 0.571. The minimum atomic E-state index is -4.54. The van der Waals surface area contributed by atoms with E-state index >= 15 is 0 Å². The lowest BCUT2D eigenvalue weighted by Gasteiger charge is -2.42. The molecule has 0 radical (unpaired) electrons. The summed E-state index contributed by atoms with van der Waals surface area (Å²) in [6.07, 6.45) is -3.56. The second kappa shape index (κ2) is 14.1. The number of carbonyl (C=O) groups is 2. The van der Waals surface area contributed by atoms with E-state index in [0.717, 1.165) is 29.5 Å². The van der Waals surface area contributed by atoms with E-state index in [4.69, 9.17) is 9.72 Å². The van der Waals surface area contributed by atoms with Crippen molar-refractivity contribution in [2.75, 3.05) is 42.9 Å². The summed E-state index contributed by atoms with van der Waals surface area (Å²) in [7, 11) is 0. The molecule has 2 amide bonds. The molecule has 2 saturated heterocycles. The van der Waals surface area contributed by atoms with Crippen LogP contribution in [-0.4, -0.2) is 97.8 Å². The number of carbonyl (C=O) groups excluding carboxylic acids is 2. The molecule has 52 heavy (non-hydrogen) atoms. The van der Waals surface area contributed by atoms with Crippen molar-refractivity contribution in [3.8, 4) is 0 Å². The van der Waals surface area contributed by atoms with E-state index in [-0.39, 0.29) is 54.6 Å². The van der Waals surface area contributed by atoms with E-state index in [9.17, 15) is 36.3 Å². The van der Waals surface area contributed by atoms with Crippen LogP contribution in [0, 0.1) is 6.92 Å². The van der Waals surface area contributed by atoms with Crippen LogP contribution < -0.4 is 15.8 Å². The van der Waals surface area contributed by atoms with E-state index in [0.29, 0.717) is 49.4 Å². The third-order valence-corrected chi connectivity index (χ3v) is 9.67. The zero-order chi connectivity index (χ0) is 37.7. The van der Waals surface area contributed by atoms with Gasteiger partial charge in [-0.3, -0.25) is 19.4 Å². The molecule has 2 unspecified atom stereocenters. The van der Waals surface area contributed by atoms with Crippen molar-refractivity contribution < 1.29 is 36.3 Å². The molecular weight excluding hydrogens is 691 g/mol. The Bertz CT molecular complexity index is 1940. The average molecular weight is 735 g/mol. The minimum absolute atomic E-state index is 0.0890. The predicted molar refractivity (Wildman–Crippen MR) is 184 cm³/mol. The summed E-state index contributed by atoms with van der Waals surface area (Å²) >= 11 is 0. The van der Waals surface area contributed by atoms with Gasteiger partial charge in [-0.15, -0.1) is 5.10 Å². The molecule has 0 spiro atoms. The van der Waals surface area contributed by atoms with Crippen molar-refractivity contribution in [2.45, 2.75) is 97.1 Å². The molecule has 17 heteroatoms. The standard InChI is InChI=1S/C35H43F5N8O4/c1-6-26-29(45-16-23-8-9-24(17-45)47(23)33(51)52-34(3,4)5)31(50)48-32(42-30(43-48)21-11-13-44(14-12-21)18-27(36)37)46(26)19-28(49)41-25-10-7-22(15-20(25)2)35(38,39)40/h7,10-11,15,23-24,27H,6,8-9,12-14,16-19H2,1-5H3,(H,41,49). The molecule has 3 aliphatic rings. The molecule has 12 nitrogen and oxygen atoms in total. The highest BCUT2D eigenvalue weighted by Gasteiger charge is 2.45. The van der Waals surface area contributed by atoms with Crippen molar-refractivity contribution >= 4 is 34.7 Å². The molecular formula is C35H43F5N8O4. The van der Waals surface area contributed by atoms with Crippen LogP contribution in [0.5, 0.6) is 0 Å². The number of nitrogens with one attached hydrogen (secondary N) is 1. The van der Waals surface area contributed by atoms with E-state index < -0.39 is 41.3 Å². The monoisotopic (exact) mass is 734 g/mol. The van der Waals surface area contributed by atoms with Crippen molar-refractivity contribution in [1.82, 2.24) is 29.0 Å². The number of amides is 2. The van der Waals surface area contributed by atoms with Gasteiger partial charge in [-0.25, -0.2) is 13.6 Å². The number of benzene rings is 1. The Labute approximate surface area is 297 Å². The first kappa shape index (κ1) is 37.2. The number of hydrogen-bond acceptors (Lipinski definition) is 8. The summed E-state index contributed by atoms with van der Waals surface area (Å²) in [4.78, 5) is 51.2. The largest absolute Gasteiger partial charge is 0.444 e. The van der Waals surface area contributed by atoms with Gasteiger partial charge < -0.3 is 19.5 Å². The quantitative estimate of drug-likeness (QED) is 0.308. The van der Waals surface area contributed by atoms with Gasteiger partial charge in [0.25, 0.3) is 12.0 Å². The maximum Gasteiger partial charge on any atom is 0.416 e. The van der Waals surface area contributed by atoms with E-state index in [2.05, 4.69) is 10.4 Å². The zero-order valence-electron chi connectivity index (χ0n) is 29.8. The molecule has 2 atom stereocenters. The molecule has 2 bridgehead atoms. The minimum Gasteiger partial charge on any atom is -0.444 e. The number of anilines is 2. The number of fused-ring (bicyclic) bond motifs is 3. The second-order valence-corrected chi connectivity index (χ2v) is 14.6. The molecule has 6 rings (SSSR count). The van der Waals surface area contributed by atoms with Crippen LogP contribution in [0.3, 0.4) is 0 Å². The Hall–Kier alpha value is -4.54. The second-order valence-electron chi connectivity index (χ2n) is 14.6. The van der Waals surface area contributed by atoms with Gasteiger partial charge in [0.15, 0.2) is 5.82 Å². The number of ether oxygens (including phenoxy) is 1. The van der Waals surface area contributed by atoms with Gasteiger partial charge in [0.2, 0.25) is 11.7 Å². The Kier molecular flexibility index (Phi) is 10.1. The van der Waals surface area contributed by atoms with Crippen molar-refractivity contribution in [1.29, 1.82) is 0 Å². The Balaban J connectivity index is 1.38. The molecule has 1 N–H and O–H groups in total. The molecule has 2 aromatic heterocycles. The first-order valence-electron chi connectivity index (χ1n) is 17.4. The zero-order valence-corrected chi connectivity index (χ0v) is 29.8. The van der Waals surface area contributed by atoms with E-state index in [1.807, 2.05) is 11.8 Å². The lowest BCUT2D eigenvalue weighted by atomic mass is 10.1. The number of piperazine rings is 1. The van der Waals surface area contributed by atoms with Gasteiger partial charge >= 0.3 is 12.3 Å². The van der Waals surface area contributed by atoms with Crippen molar-refractivity contribution in [3.05, 3.63) is 57.3 Å². The van der Waals surface area contributed by atoms with Gasteiger partial charge in [-0.05, 0) is 82.7 Å². The van der Waals surface area contributed by atoms with Crippen LogP contribution >= 0.6 is 0 Å². The van der Waals surface area contributed by atoms with Crippen LogP contribution in [0.4, 0.5) is 38.1 Å². The van der Waals surface area contributed by atoms with Crippen molar-refractivity contribution in [3.63, 3.8) is 0 Å². The maximum absolute atomic E-state index is 14.4. The number of aromatic nitrogens is 4. The first-order chi connectivity index (χ1) is 24.4. The van der Waals surface area contributed by atoms with Crippen LogP contribution in [0.2, 0.25) is 0 Å². The number of alkyl halides is 5. The summed E-state index contributed by atoms with van der Waals surface area (Å²) in [5.74, 6) is -0.241. The third-order valence-electron chi connectivity index (χ3n) is 9.67. The summed E-state index contributed by atoms with van der Waals surface area (Å²) in [6.45, 7) is 9.29. The van der Waals surface area contributed by atoms with Gasteiger partial charge in [-0.2, -0.15) is 22.7 Å². The number of rotatable bonds is 8. The molecule has 1 aromatic carbocycles. The van der Waals surface area contributed by atoms with Crippen molar-refractivity contribution in [2.24, 2.45) is 0 Å². The Morgan fingerprint density at radius 1 is 1.10 bits per heavy atom. The SMILES string of the molecule is CCc1c(N2CC3CCC(C2)N3C(=O)OC(C)(C)C)c(=O)n2nc(C3=CCN(CC(F)F)CC3)nc2n1CC(=O)Nc1ccc(C(F)(F)F)cc1C. The van der Waals surface area contributed by atoms with Crippen LogP contribution in [0.25, 0.3) is 11.4 Å². The van der Waals surface area contributed by atoms with Gasteiger partial charge in [-0.1, -0.05) is 13.0 Å². The average Bonchev–Trinajstić information content (AvgIpc) is 3.61. The molecule has 5 heterocycles. The number of halogens is 5. The van der Waals surface area contributed by atoms with Crippen LogP contribution in [-0.2, 0) is 28.7 Å². The number of aryl methyl sites for hydroxylation is 1. The fourth-order valence-electron chi connectivity index (χ4n) is 7.35. The molecule has 282 valence electrons. The Morgan fingerprint density at radius 3 is 2.35 bits per heavy atom. The lowest BCUT2D eigenvalue weighted by Crippen LogP contribution is -2.58. The summed E-state index contributed by atoms with van der Waals surface area (Å²) in [5.41, 5.74) is -0.0672. The normalized spacial score (nSPS) is 19.8. The highest BCUT2D eigenvalue weighted by Crippen LogP contribution is 2.35. The van der Waals surface area contributed by atoms with Gasteiger partial charge in [0.1, 0.15) is 17.8 Å². The smallest absolute Gasteiger partial charge is 0.416 e. The molecule has 3 aliphatic heterocycles. The van der Waals surface area contributed by atoms with E-state index in [1.165, 1.54) is 13.0 Å². The van der Waals surface area contributed by atoms with Crippen LogP contribution in [0.1, 0.15) is 69.6 Å². The topological polar surface area (TPSA) is 117 Å². The van der Waals surface area contributed by atoms with Crippen LogP contribution in [0.15, 0.2) is 29.1 Å². The maximum atomic E-state index is 14.4. The highest BCUT2D eigenvalue weighted by molar-refractivity contribution is 5.91. The van der Waals surface area contributed by atoms with Gasteiger partial charge in [0.05, 0.1) is 29.9 Å². The fourth-order valence-corrected chi connectivity index (χ4v) is 7.35. The summed E-state index contributed by atoms with van der Waals surface area (Å²) in [6, 6.07) is 2.61. The third kappa shape index (κ3) is 7.64. The summed E-state index contributed by atoms with van der Waals surface area (Å²) in [5, 5.41) is 7.28.